The van der Waals surface area contributed by atoms with Gasteiger partial charge in [0, 0.05) is 19.2 Å². The number of nitrogens with zero attached hydrogens (tertiary/aromatic N) is 3. The van der Waals surface area contributed by atoms with Crippen molar-refractivity contribution in [2.24, 2.45) is 0 Å². The minimum Gasteiger partial charge on any atom is -0.467 e. The molecule has 5 aromatic rings. The number of carbonyl (C=O) groups is 1. The van der Waals surface area contributed by atoms with E-state index in [1.165, 1.54) is 27.8 Å². The van der Waals surface area contributed by atoms with Gasteiger partial charge in [-0.1, -0.05) is 41.7 Å². The number of rotatable bonds is 8. The third-order valence-electron chi connectivity index (χ3n) is 6.42. The van der Waals surface area contributed by atoms with Crippen LogP contribution in [-0.4, -0.2) is 30.7 Å². The van der Waals surface area contributed by atoms with E-state index >= 15 is 0 Å². The molecule has 0 unspecified atom stereocenters. The van der Waals surface area contributed by atoms with Crippen LogP contribution in [0.5, 0.6) is 0 Å². The summed E-state index contributed by atoms with van der Waals surface area (Å²) in [6, 6.07) is 23.1. The van der Waals surface area contributed by atoms with Gasteiger partial charge in [-0.3, -0.25) is 9.69 Å². The molecule has 7 nitrogen and oxygen atoms in total. The van der Waals surface area contributed by atoms with E-state index in [0.717, 1.165) is 26.9 Å². The van der Waals surface area contributed by atoms with E-state index in [-0.39, 0.29) is 23.9 Å². The highest BCUT2D eigenvalue weighted by Gasteiger charge is 2.25. The van der Waals surface area contributed by atoms with Crippen LogP contribution in [0.4, 0.5) is 5.13 Å². The standard InChI is InChI=1S/C29H27N3O4S2/c1-20-16-26-27(17-21(20)2)37-29(30-26)32(19-24-10-7-15-36-24)28(33)23-11-13-25(14-12-23)38(34,35)31(3)18-22-8-5-4-6-9-22/h4-17H,18-19H2,1-3H3. The molecular formula is C29H27N3O4S2. The van der Waals surface area contributed by atoms with Gasteiger partial charge in [0.05, 0.1) is 27.9 Å². The largest absolute Gasteiger partial charge is 0.467 e. The lowest BCUT2D eigenvalue weighted by Gasteiger charge is -2.20. The lowest BCUT2D eigenvalue weighted by Crippen LogP contribution is -2.30. The number of aromatic nitrogens is 1. The SMILES string of the molecule is Cc1cc2nc(N(Cc3ccco3)C(=O)c3ccc(S(=O)(=O)N(C)Cc4ccccc4)cc3)sc2cc1C. The number of carbonyl (C=O) groups excluding carboxylic acids is 1. The molecular weight excluding hydrogens is 518 g/mol. The summed E-state index contributed by atoms with van der Waals surface area (Å²) in [5.74, 6) is 0.321. The fraction of sp³-hybridized carbons (Fsp3) is 0.172. The molecule has 2 heterocycles. The average molecular weight is 546 g/mol. The molecule has 0 aliphatic carbocycles. The van der Waals surface area contributed by atoms with Crippen molar-refractivity contribution in [3.05, 3.63) is 113 Å². The van der Waals surface area contributed by atoms with Crippen molar-refractivity contribution in [1.29, 1.82) is 0 Å². The number of benzene rings is 3. The molecule has 2 aromatic heterocycles. The van der Waals surface area contributed by atoms with Crippen LogP contribution in [-0.2, 0) is 23.1 Å². The van der Waals surface area contributed by atoms with Crippen molar-refractivity contribution < 1.29 is 17.6 Å². The fourth-order valence-corrected chi connectivity index (χ4v) is 6.30. The molecule has 38 heavy (non-hydrogen) atoms. The summed E-state index contributed by atoms with van der Waals surface area (Å²) in [6.07, 6.45) is 1.56. The summed E-state index contributed by atoms with van der Waals surface area (Å²) in [7, 11) is -2.19. The van der Waals surface area contributed by atoms with Crippen LogP contribution >= 0.6 is 11.3 Å². The second kappa shape index (κ2) is 10.5. The van der Waals surface area contributed by atoms with Gasteiger partial charge in [0.25, 0.3) is 5.91 Å². The number of aryl methyl sites for hydroxylation is 2. The van der Waals surface area contributed by atoms with Crippen molar-refractivity contribution in [3.8, 4) is 0 Å². The molecule has 0 atom stereocenters. The van der Waals surface area contributed by atoms with Crippen LogP contribution in [0.15, 0.2) is 94.4 Å². The Balaban J connectivity index is 1.43. The van der Waals surface area contributed by atoms with Crippen LogP contribution in [0, 0.1) is 13.8 Å². The van der Waals surface area contributed by atoms with Gasteiger partial charge < -0.3 is 4.42 Å². The van der Waals surface area contributed by atoms with Crippen LogP contribution in [0.1, 0.15) is 32.8 Å². The maximum absolute atomic E-state index is 13.7. The van der Waals surface area contributed by atoms with Gasteiger partial charge in [0.15, 0.2) is 5.13 Å². The summed E-state index contributed by atoms with van der Waals surface area (Å²) in [5, 5.41) is 0.547. The van der Waals surface area contributed by atoms with Crippen molar-refractivity contribution >= 4 is 42.6 Å². The van der Waals surface area contributed by atoms with E-state index in [9.17, 15) is 13.2 Å². The maximum atomic E-state index is 13.7. The summed E-state index contributed by atoms with van der Waals surface area (Å²) in [4.78, 5) is 20.1. The zero-order valence-corrected chi connectivity index (χ0v) is 22.9. The molecule has 5 rings (SSSR count). The zero-order chi connectivity index (χ0) is 26.9. The fourth-order valence-electron chi connectivity index (χ4n) is 4.10. The summed E-state index contributed by atoms with van der Waals surface area (Å²) < 4.78 is 34.1. The Morgan fingerprint density at radius 2 is 1.63 bits per heavy atom. The molecule has 0 N–H and O–H groups in total. The van der Waals surface area contributed by atoms with Gasteiger partial charge in [0.1, 0.15) is 5.76 Å². The minimum atomic E-state index is -3.74. The van der Waals surface area contributed by atoms with Crippen molar-refractivity contribution in [2.45, 2.75) is 31.8 Å². The van der Waals surface area contributed by atoms with E-state index in [1.807, 2.05) is 50.2 Å². The van der Waals surface area contributed by atoms with Crippen molar-refractivity contribution in [3.63, 3.8) is 0 Å². The maximum Gasteiger partial charge on any atom is 0.260 e. The number of furan rings is 1. The molecule has 0 spiro atoms. The monoisotopic (exact) mass is 545 g/mol. The van der Waals surface area contributed by atoms with Gasteiger partial charge in [-0.25, -0.2) is 13.4 Å². The first kappa shape index (κ1) is 25.8. The van der Waals surface area contributed by atoms with Gasteiger partial charge >= 0.3 is 0 Å². The lowest BCUT2D eigenvalue weighted by atomic mass is 10.1. The number of anilines is 1. The molecule has 0 saturated carbocycles. The predicted octanol–water partition coefficient (Wildman–Crippen LogP) is 6.17. The quantitative estimate of drug-likeness (QED) is 0.233. The number of thiazole rings is 1. The van der Waals surface area contributed by atoms with Crippen LogP contribution in [0.25, 0.3) is 10.2 Å². The van der Waals surface area contributed by atoms with Crippen molar-refractivity contribution in [1.82, 2.24) is 9.29 Å². The first-order chi connectivity index (χ1) is 18.2. The smallest absolute Gasteiger partial charge is 0.260 e. The summed E-state index contributed by atoms with van der Waals surface area (Å²) in [5.41, 5.74) is 4.36. The Kier molecular flexibility index (Phi) is 7.16. The van der Waals surface area contributed by atoms with E-state index in [2.05, 4.69) is 6.07 Å². The number of fused-ring (bicyclic) bond motifs is 1. The highest BCUT2D eigenvalue weighted by atomic mass is 32.2. The molecule has 0 radical (unpaired) electrons. The first-order valence-electron chi connectivity index (χ1n) is 12.0. The Labute approximate surface area is 226 Å². The van der Waals surface area contributed by atoms with Gasteiger partial charge in [-0.15, -0.1) is 0 Å². The molecule has 0 aliphatic rings. The second-order valence-electron chi connectivity index (χ2n) is 9.14. The lowest BCUT2D eigenvalue weighted by molar-refractivity contribution is 0.0983. The van der Waals surface area contributed by atoms with E-state index < -0.39 is 10.0 Å². The molecule has 0 fully saturated rings. The van der Waals surface area contributed by atoms with E-state index in [4.69, 9.17) is 9.40 Å². The van der Waals surface area contributed by atoms with E-state index in [1.54, 1.807) is 42.5 Å². The summed E-state index contributed by atoms with van der Waals surface area (Å²) in [6.45, 7) is 4.53. The molecule has 3 aromatic carbocycles. The molecule has 0 aliphatic heterocycles. The van der Waals surface area contributed by atoms with Crippen molar-refractivity contribution in [2.75, 3.05) is 11.9 Å². The number of hydrogen-bond acceptors (Lipinski definition) is 6. The molecule has 194 valence electrons. The average Bonchev–Trinajstić information content (AvgIpc) is 3.57. The molecule has 0 bridgehead atoms. The van der Waals surface area contributed by atoms with Gasteiger partial charge in [0.2, 0.25) is 10.0 Å². The number of amides is 1. The second-order valence-corrected chi connectivity index (χ2v) is 12.2. The van der Waals surface area contributed by atoms with E-state index in [0.29, 0.717) is 16.5 Å². The molecule has 9 heteroatoms. The van der Waals surface area contributed by atoms with Gasteiger partial charge in [-0.05, 0) is 79.1 Å². The summed E-state index contributed by atoms with van der Waals surface area (Å²) >= 11 is 1.44. The topological polar surface area (TPSA) is 83.7 Å². The third kappa shape index (κ3) is 5.26. The Morgan fingerprint density at radius 3 is 2.32 bits per heavy atom. The molecule has 0 saturated heterocycles. The highest BCUT2D eigenvalue weighted by Crippen LogP contribution is 2.33. The Morgan fingerprint density at radius 1 is 0.921 bits per heavy atom. The highest BCUT2D eigenvalue weighted by molar-refractivity contribution is 7.89. The number of hydrogen-bond donors (Lipinski definition) is 0. The predicted molar refractivity (Wildman–Crippen MR) is 150 cm³/mol. The van der Waals surface area contributed by atoms with Crippen LogP contribution < -0.4 is 4.90 Å². The van der Waals surface area contributed by atoms with Crippen LogP contribution in [0.3, 0.4) is 0 Å². The van der Waals surface area contributed by atoms with Gasteiger partial charge in [-0.2, -0.15) is 4.31 Å². The Hall–Kier alpha value is -3.79. The number of sulfonamides is 1. The minimum absolute atomic E-state index is 0.121. The zero-order valence-electron chi connectivity index (χ0n) is 21.3. The Bertz CT molecular complexity index is 1640. The first-order valence-corrected chi connectivity index (χ1v) is 14.3. The third-order valence-corrected chi connectivity index (χ3v) is 9.28. The normalized spacial score (nSPS) is 11.8. The van der Waals surface area contributed by atoms with Crippen LogP contribution in [0.2, 0.25) is 0 Å². The molecule has 1 amide bonds.